The lowest BCUT2D eigenvalue weighted by Gasteiger charge is -2.05. The predicted molar refractivity (Wildman–Crippen MR) is 66.5 cm³/mol. The van der Waals surface area contributed by atoms with Crippen molar-refractivity contribution in [2.75, 3.05) is 7.11 Å². The van der Waals surface area contributed by atoms with Gasteiger partial charge in [0, 0.05) is 22.4 Å². The Morgan fingerprint density at radius 1 is 1.24 bits per heavy atom. The summed E-state index contributed by atoms with van der Waals surface area (Å²) in [6, 6.07) is 5.43. The van der Waals surface area contributed by atoms with Crippen LogP contribution >= 0.6 is 15.9 Å². The van der Waals surface area contributed by atoms with Gasteiger partial charge in [0.2, 0.25) is 0 Å². The van der Waals surface area contributed by atoms with Crippen molar-refractivity contribution in [2.24, 2.45) is 0 Å². The average molecular weight is 293 g/mol. The number of hydrogen-bond donors (Lipinski definition) is 0. The fraction of sp³-hybridized carbons (Fsp3) is 0.0833. The molecule has 0 fully saturated rings. The number of carbonyl (C=O) groups is 1. The maximum absolute atomic E-state index is 11.5. The summed E-state index contributed by atoms with van der Waals surface area (Å²) < 4.78 is 5.41. The minimum absolute atomic E-state index is 0.379. The molecule has 0 bridgehead atoms. The van der Waals surface area contributed by atoms with Gasteiger partial charge in [-0.15, -0.1) is 0 Å². The third kappa shape index (κ3) is 2.50. The number of aromatic nitrogens is 2. The van der Waals surface area contributed by atoms with E-state index in [1.807, 2.05) is 6.07 Å². The smallest absolute Gasteiger partial charge is 0.339 e. The molecule has 0 amide bonds. The van der Waals surface area contributed by atoms with Crippen molar-refractivity contribution in [3.8, 4) is 11.1 Å². The van der Waals surface area contributed by atoms with E-state index in [9.17, 15) is 4.79 Å². The van der Waals surface area contributed by atoms with Crippen LogP contribution in [0.2, 0.25) is 0 Å². The Bertz CT molecular complexity index is 543. The molecular weight excluding hydrogens is 284 g/mol. The number of nitrogens with zero attached hydrogens (tertiary/aromatic N) is 2. The van der Waals surface area contributed by atoms with Crippen molar-refractivity contribution in [3.63, 3.8) is 0 Å². The van der Waals surface area contributed by atoms with Gasteiger partial charge in [0.25, 0.3) is 0 Å². The number of rotatable bonds is 2. The molecule has 0 aliphatic heterocycles. The molecule has 0 atom stereocenters. The second kappa shape index (κ2) is 5.05. The second-order valence-corrected chi connectivity index (χ2v) is 4.17. The quantitative estimate of drug-likeness (QED) is 0.799. The van der Waals surface area contributed by atoms with E-state index >= 15 is 0 Å². The summed E-state index contributed by atoms with van der Waals surface area (Å²) in [7, 11) is 1.35. The first-order valence-electron chi connectivity index (χ1n) is 4.85. The Balaban J connectivity index is 2.48. The van der Waals surface area contributed by atoms with Gasteiger partial charge in [0.1, 0.15) is 6.33 Å². The molecule has 0 aliphatic carbocycles. The van der Waals surface area contributed by atoms with E-state index in [0.29, 0.717) is 10.0 Å². The molecule has 86 valence electrons. The maximum atomic E-state index is 11.5. The van der Waals surface area contributed by atoms with Crippen LogP contribution in [0.3, 0.4) is 0 Å². The van der Waals surface area contributed by atoms with E-state index < -0.39 is 0 Å². The van der Waals surface area contributed by atoms with Crippen molar-refractivity contribution >= 4 is 21.9 Å². The number of halogens is 1. The molecule has 0 saturated carbocycles. The Hall–Kier alpha value is -1.75. The third-order valence-corrected chi connectivity index (χ3v) is 2.96. The second-order valence-electron chi connectivity index (χ2n) is 3.31. The molecule has 2 aromatic rings. The van der Waals surface area contributed by atoms with Gasteiger partial charge in [-0.25, -0.2) is 14.8 Å². The Labute approximate surface area is 107 Å². The van der Waals surface area contributed by atoms with E-state index in [1.165, 1.54) is 13.4 Å². The van der Waals surface area contributed by atoms with Crippen LogP contribution in [0.25, 0.3) is 11.1 Å². The fourth-order valence-electron chi connectivity index (χ4n) is 1.42. The highest BCUT2D eigenvalue weighted by molar-refractivity contribution is 9.10. The zero-order valence-electron chi connectivity index (χ0n) is 9.05. The number of methoxy groups -OCH3 is 1. The van der Waals surface area contributed by atoms with Gasteiger partial charge < -0.3 is 4.74 Å². The van der Waals surface area contributed by atoms with Crippen LogP contribution in [0, 0.1) is 0 Å². The van der Waals surface area contributed by atoms with Crippen molar-refractivity contribution in [2.45, 2.75) is 0 Å². The number of hydrogen-bond acceptors (Lipinski definition) is 4. The highest BCUT2D eigenvalue weighted by atomic mass is 79.9. The Morgan fingerprint density at radius 3 is 2.59 bits per heavy atom. The van der Waals surface area contributed by atoms with Crippen LogP contribution < -0.4 is 0 Å². The molecule has 4 nitrogen and oxygen atoms in total. The van der Waals surface area contributed by atoms with Gasteiger partial charge in [-0.05, 0) is 33.6 Å². The normalized spacial score (nSPS) is 10.0. The summed E-state index contributed by atoms with van der Waals surface area (Å²) in [5.74, 6) is -0.379. The van der Waals surface area contributed by atoms with Gasteiger partial charge in [-0.1, -0.05) is 6.07 Å². The van der Waals surface area contributed by atoms with E-state index in [-0.39, 0.29) is 5.97 Å². The molecule has 17 heavy (non-hydrogen) atoms. The molecule has 0 aliphatic rings. The molecule has 5 heteroatoms. The number of benzene rings is 1. The van der Waals surface area contributed by atoms with Crippen LogP contribution in [-0.4, -0.2) is 23.0 Å². The molecule has 0 unspecified atom stereocenters. The van der Waals surface area contributed by atoms with E-state index in [4.69, 9.17) is 4.74 Å². The molecule has 1 aromatic carbocycles. The minimum Gasteiger partial charge on any atom is -0.465 e. The molecular formula is C12H9BrN2O2. The van der Waals surface area contributed by atoms with Crippen molar-refractivity contribution in [3.05, 3.63) is 47.0 Å². The standard InChI is InChI=1S/C12H9BrN2O2/c1-17-12(16)10-4-8(2-3-11(10)13)9-5-14-7-15-6-9/h2-7H,1H3. The number of esters is 1. The van der Waals surface area contributed by atoms with Crippen LogP contribution in [0.1, 0.15) is 10.4 Å². The van der Waals surface area contributed by atoms with Crippen LogP contribution in [0.5, 0.6) is 0 Å². The highest BCUT2D eigenvalue weighted by Crippen LogP contribution is 2.25. The zero-order valence-corrected chi connectivity index (χ0v) is 10.6. The molecule has 0 N–H and O–H groups in total. The lowest BCUT2D eigenvalue weighted by Crippen LogP contribution is -2.02. The van der Waals surface area contributed by atoms with Gasteiger partial charge in [0.05, 0.1) is 12.7 Å². The third-order valence-electron chi connectivity index (χ3n) is 2.27. The van der Waals surface area contributed by atoms with Crippen LogP contribution in [-0.2, 0) is 4.74 Å². The largest absolute Gasteiger partial charge is 0.465 e. The van der Waals surface area contributed by atoms with Crippen LogP contribution in [0.4, 0.5) is 0 Å². The number of carbonyl (C=O) groups excluding carboxylic acids is 1. The molecule has 2 rings (SSSR count). The van der Waals surface area contributed by atoms with Crippen molar-refractivity contribution < 1.29 is 9.53 Å². The fourth-order valence-corrected chi connectivity index (χ4v) is 1.83. The molecule has 1 aromatic heterocycles. The molecule has 0 spiro atoms. The lowest BCUT2D eigenvalue weighted by atomic mass is 10.1. The molecule has 0 radical (unpaired) electrons. The number of ether oxygens (including phenoxy) is 1. The summed E-state index contributed by atoms with van der Waals surface area (Å²) in [4.78, 5) is 19.4. The van der Waals surface area contributed by atoms with E-state index in [0.717, 1.165) is 11.1 Å². The summed E-state index contributed by atoms with van der Waals surface area (Å²) in [5, 5.41) is 0. The summed E-state index contributed by atoms with van der Waals surface area (Å²) in [6.07, 6.45) is 4.85. The SMILES string of the molecule is COC(=O)c1cc(-c2cncnc2)ccc1Br. The van der Waals surface area contributed by atoms with E-state index in [1.54, 1.807) is 24.5 Å². The predicted octanol–water partition coefficient (Wildman–Crippen LogP) is 2.69. The van der Waals surface area contributed by atoms with Crippen LogP contribution in [0.15, 0.2) is 41.4 Å². The van der Waals surface area contributed by atoms with Gasteiger partial charge in [-0.2, -0.15) is 0 Å². The lowest BCUT2D eigenvalue weighted by molar-refractivity contribution is 0.0600. The molecule has 0 saturated heterocycles. The van der Waals surface area contributed by atoms with Gasteiger partial charge >= 0.3 is 5.97 Å². The summed E-state index contributed by atoms with van der Waals surface area (Å²) >= 11 is 3.31. The topological polar surface area (TPSA) is 52.1 Å². The monoisotopic (exact) mass is 292 g/mol. The first-order valence-corrected chi connectivity index (χ1v) is 5.65. The van der Waals surface area contributed by atoms with E-state index in [2.05, 4.69) is 25.9 Å². The first-order chi connectivity index (χ1) is 8.22. The zero-order chi connectivity index (χ0) is 12.3. The van der Waals surface area contributed by atoms with Gasteiger partial charge in [-0.3, -0.25) is 0 Å². The van der Waals surface area contributed by atoms with Crippen molar-refractivity contribution in [1.29, 1.82) is 0 Å². The Morgan fingerprint density at radius 2 is 1.94 bits per heavy atom. The average Bonchev–Trinajstić information content (AvgIpc) is 2.39. The Kier molecular flexibility index (Phi) is 3.49. The minimum atomic E-state index is -0.379. The van der Waals surface area contributed by atoms with Gasteiger partial charge in [0.15, 0.2) is 0 Å². The first kappa shape index (κ1) is 11.7. The highest BCUT2D eigenvalue weighted by Gasteiger charge is 2.11. The summed E-state index contributed by atoms with van der Waals surface area (Å²) in [6.45, 7) is 0. The van der Waals surface area contributed by atoms with Crippen molar-refractivity contribution in [1.82, 2.24) is 9.97 Å². The molecule has 1 heterocycles. The summed E-state index contributed by atoms with van der Waals surface area (Å²) in [5.41, 5.74) is 2.20. The maximum Gasteiger partial charge on any atom is 0.339 e.